The van der Waals surface area contributed by atoms with E-state index in [1.807, 2.05) is 0 Å². The zero-order chi connectivity index (χ0) is 16.0. The minimum Gasteiger partial charge on any atom is -0.317 e. The predicted octanol–water partition coefficient (Wildman–Crippen LogP) is 4.70. The minimum atomic E-state index is -4.59. The fraction of sp³-hybridized carbons (Fsp3) is 0.571. The SMILES string of the molecule is CF.FC(F)c1cc(C2CCNCC2)cc(C(F)(F)F)c1. The summed E-state index contributed by atoms with van der Waals surface area (Å²) in [6.45, 7) is 1.40. The van der Waals surface area contributed by atoms with Gasteiger partial charge in [-0.05, 0) is 55.6 Å². The molecule has 0 radical (unpaired) electrons. The van der Waals surface area contributed by atoms with Crippen LogP contribution in [0.1, 0.15) is 41.9 Å². The molecule has 1 aromatic rings. The van der Waals surface area contributed by atoms with E-state index in [0.29, 0.717) is 44.7 Å². The van der Waals surface area contributed by atoms with E-state index in [1.54, 1.807) is 0 Å². The Morgan fingerprint density at radius 3 is 2.10 bits per heavy atom. The molecular formula is C14H17F6N. The molecule has 2 rings (SSSR count). The highest BCUT2D eigenvalue weighted by molar-refractivity contribution is 5.35. The summed E-state index contributed by atoms with van der Waals surface area (Å²) in [4.78, 5) is 0. The number of piperidine rings is 1. The molecule has 21 heavy (non-hydrogen) atoms. The Labute approximate surface area is 119 Å². The molecule has 7 heteroatoms. The van der Waals surface area contributed by atoms with E-state index in [1.165, 1.54) is 6.07 Å². The third kappa shape index (κ3) is 4.91. The highest BCUT2D eigenvalue weighted by Gasteiger charge is 2.32. The van der Waals surface area contributed by atoms with Gasteiger partial charge >= 0.3 is 6.18 Å². The second-order valence-corrected chi connectivity index (χ2v) is 4.71. The fourth-order valence-corrected chi connectivity index (χ4v) is 2.36. The molecule has 0 aromatic heterocycles. The molecule has 1 N–H and O–H groups in total. The summed E-state index contributed by atoms with van der Waals surface area (Å²) in [6.07, 6.45) is -6.14. The van der Waals surface area contributed by atoms with Crippen molar-refractivity contribution in [1.29, 1.82) is 0 Å². The Bertz CT molecular complexity index is 438. The number of hydrogen-bond donors (Lipinski definition) is 1. The lowest BCUT2D eigenvalue weighted by Gasteiger charge is -2.24. The molecule has 1 fully saturated rings. The maximum Gasteiger partial charge on any atom is 0.416 e. The number of alkyl halides is 6. The number of halogens is 6. The van der Waals surface area contributed by atoms with Crippen molar-refractivity contribution in [3.63, 3.8) is 0 Å². The summed E-state index contributed by atoms with van der Waals surface area (Å²) in [5.74, 6) is -0.0824. The van der Waals surface area contributed by atoms with Gasteiger partial charge in [0.2, 0.25) is 0 Å². The molecule has 1 saturated heterocycles. The molecule has 0 spiro atoms. The fourth-order valence-electron chi connectivity index (χ4n) is 2.36. The van der Waals surface area contributed by atoms with Gasteiger partial charge in [-0.15, -0.1) is 0 Å². The van der Waals surface area contributed by atoms with Crippen LogP contribution in [0.4, 0.5) is 26.3 Å². The van der Waals surface area contributed by atoms with Crippen LogP contribution in [-0.2, 0) is 6.18 Å². The smallest absolute Gasteiger partial charge is 0.317 e. The van der Waals surface area contributed by atoms with Gasteiger partial charge in [-0.25, -0.2) is 8.78 Å². The quantitative estimate of drug-likeness (QED) is 0.781. The Morgan fingerprint density at radius 2 is 1.62 bits per heavy atom. The van der Waals surface area contributed by atoms with Gasteiger partial charge < -0.3 is 5.32 Å². The van der Waals surface area contributed by atoms with Gasteiger partial charge in [-0.2, -0.15) is 13.2 Å². The van der Waals surface area contributed by atoms with E-state index in [4.69, 9.17) is 0 Å². The van der Waals surface area contributed by atoms with E-state index in [9.17, 15) is 26.3 Å². The van der Waals surface area contributed by atoms with Crippen molar-refractivity contribution in [3.05, 3.63) is 34.9 Å². The van der Waals surface area contributed by atoms with E-state index in [0.717, 1.165) is 6.07 Å². The van der Waals surface area contributed by atoms with Gasteiger partial charge in [0.05, 0.1) is 12.7 Å². The Hall–Kier alpha value is -1.24. The molecule has 1 aliphatic heterocycles. The second-order valence-electron chi connectivity index (χ2n) is 4.71. The van der Waals surface area contributed by atoms with Gasteiger partial charge in [-0.3, -0.25) is 4.39 Å². The topological polar surface area (TPSA) is 12.0 Å². The van der Waals surface area contributed by atoms with Crippen LogP contribution in [0.5, 0.6) is 0 Å². The van der Waals surface area contributed by atoms with Gasteiger partial charge in [0.25, 0.3) is 6.43 Å². The standard InChI is InChI=1S/C13H14F5N.CH3F/c14-12(15)10-5-9(8-1-3-19-4-2-8)6-11(7-10)13(16,17)18;1-2/h5-8,12,19H,1-4H2;1H3. The minimum absolute atomic E-state index is 0.0824. The molecule has 1 aromatic carbocycles. The maximum absolute atomic E-state index is 12.7. The van der Waals surface area contributed by atoms with Crippen molar-refractivity contribution >= 4 is 0 Å². The molecule has 0 saturated carbocycles. The van der Waals surface area contributed by atoms with E-state index in [-0.39, 0.29) is 5.92 Å². The van der Waals surface area contributed by atoms with E-state index >= 15 is 0 Å². The monoisotopic (exact) mass is 313 g/mol. The first-order valence-corrected chi connectivity index (χ1v) is 6.46. The molecule has 0 amide bonds. The lowest BCUT2D eigenvalue weighted by molar-refractivity contribution is -0.137. The van der Waals surface area contributed by atoms with Crippen molar-refractivity contribution in [2.24, 2.45) is 0 Å². The first kappa shape index (κ1) is 17.8. The molecule has 0 atom stereocenters. The van der Waals surface area contributed by atoms with Crippen molar-refractivity contribution in [1.82, 2.24) is 5.32 Å². The molecule has 0 aliphatic carbocycles. The summed E-state index contributed by atoms with van der Waals surface area (Å²) in [5.41, 5.74) is -1.17. The predicted molar refractivity (Wildman–Crippen MR) is 68.3 cm³/mol. The lowest BCUT2D eigenvalue weighted by Crippen LogP contribution is -2.26. The molecule has 0 unspecified atom stereocenters. The van der Waals surface area contributed by atoms with Crippen molar-refractivity contribution in [2.45, 2.75) is 31.4 Å². The van der Waals surface area contributed by atoms with E-state index < -0.39 is 23.7 Å². The van der Waals surface area contributed by atoms with Crippen LogP contribution in [0, 0.1) is 0 Å². The third-order valence-corrected chi connectivity index (χ3v) is 3.37. The Morgan fingerprint density at radius 1 is 1.05 bits per heavy atom. The highest BCUT2D eigenvalue weighted by atomic mass is 19.4. The first-order chi connectivity index (χ1) is 9.88. The molecule has 1 aliphatic rings. The summed E-state index contributed by atoms with van der Waals surface area (Å²) >= 11 is 0. The highest BCUT2D eigenvalue weighted by Crippen LogP contribution is 2.36. The molecule has 120 valence electrons. The molecule has 0 bridgehead atoms. The lowest BCUT2D eigenvalue weighted by atomic mass is 9.88. The largest absolute Gasteiger partial charge is 0.416 e. The molecule has 1 nitrogen and oxygen atoms in total. The van der Waals surface area contributed by atoms with Gasteiger partial charge in [0.1, 0.15) is 0 Å². The van der Waals surface area contributed by atoms with Crippen LogP contribution in [0.2, 0.25) is 0 Å². The van der Waals surface area contributed by atoms with Crippen LogP contribution < -0.4 is 5.32 Å². The van der Waals surface area contributed by atoms with Crippen LogP contribution in [0.25, 0.3) is 0 Å². The number of rotatable bonds is 2. The second kappa shape index (κ2) is 7.68. The van der Waals surface area contributed by atoms with Crippen molar-refractivity contribution < 1.29 is 26.3 Å². The average molecular weight is 313 g/mol. The third-order valence-electron chi connectivity index (χ3n) is 3.37. The Kier molecular flexibility index (Phi) is 6.51. The number of nitrogens with one attached hydrogen (secondary N) is 1. The van der Waals surface area contributed by atoms with Crippen LogP contribution in [0.15, 0.2) is 18.2 Å². The first-order valence-electron chi connectivity index (χ1n) is 6.46. The van der Waals surface area contributed by atoms with Gasteiger partial charge in [0, 0.05) is 5.56 Å². The van der Waals surface area contributed by atoms with E-state index in [2.05, 4.69) is 5.32 Å². The maximum atomic E-state index is 12.7. The zero-order valence-corrected chi connectivity index (χ0v) is 11.5. The Balaban J connectivity index is 0.00000106. The zero-order valence-electron chi connectivity index (χ0n) is 11.5. The van der Waals surface area contributed by atoms with Crippen LogP contribution in [0.3, 0.4) is 0 Å². The average Bonchev–Trinajstić information content (AvgIpc) is 2.49. The van der Waals surface area contributed by atoms with Gasteiger partial charge in [-0.1, -0.05) is 0 Å². The van der Waals surface area contributed by atoms with Crippen molar-refractivity contribution in [3.8, 4) is 0 Å². The van der Waals surface area contributed by atoms with Crippen LogP contribution in [-0.4, -0.2) is 20.3 Å². The normalized spacial score (nSPS) is 16.6. The van der Waals surface area contributed by atoms with Crippen molar-refractivity contribution in [2.75, 3.05) is 20.3 Å². The van der Waals surface area contributed by atoms with Gasteiger partial charge in [0.15, 0.2) is 0 Å². The molecular weight excluding hydrogens is 296 g/mol. The summed E-state index contributed by atoms with van der Waals surface area (Å²) in [5, 5.41) is 3.10. The molecule has 1 heterocycles. The summed E-state index contributed by atoms with van der Waals surface area (Å²) in [7, 11) is 0.500. The number of benzene rings is 1. The number of hydrogen-bond acceptors (Lipinski definition) is 1. The summed E-state index contributed by atoms with van der Waals surface area (Å²) < 4.78 is 73.1. The summed E-state index contributed by atoms with van der Waals surface area (Å²) in [6, 6.07) is 2.74. The van der Waals surface area contributed by atoms with Crippen LogP contribution >= 0.6 is 0 Å².